The zero-order chi connectivity index (χ0) is 15.6. The Morgan fingerprint density at radius 2 is 1.85 bits per heavy atom. The van der Waals surface area contributed by atoms with E-state index in [9.17, 15) is 17.7 Å². The van der Waals surface area contributed by atoms with Gasteiger partial charge >= 0.3 is 6.18 Å². The average Bonchev–Trinajstić information content (AvgIpc) is 2.25. The van der Waals surface area contributed by atoms with Crippen molar-refractivity contribution in [2.45, 2.75) is 45.0 Å². The van der Waals surface area contributed by atoms with Crippen LogP contribution < -0.4 is 0 Å². The highest BCUT2D eigenvalue weighted by molar-refractivity contribution is 7.91. The van der Waals surface area contributed by atoms with Gasteiger partial charge in [0.2, 0.25) is 0 Å². The lowest BCUT2D eigenvalue weighted by molar-refractivity contribution is -0.127. The van der Waals surface area contributed by atoms with Gasteiger partial charge in [0.25, 0.3) is 0 Å². The predicted molar refractivity (Wildman–Crippen MR) is 76.3 cm³/mol. The van der Waals surface area contributed by atoms with E-state index in [4.69, 9.17) is 0 Å². The van der Waals surface area contributed by atoms with Crippen molar-refractivity contribution in [1.82, 2.24) is 0 Å². The monoisotopic (exact) mass is 305 g/mol. The van der Waals surface area contributed by atoms with E-state index >= 15 is 0 Å². The molecule has 0 heterocycles. The summed E-state index contributed by atoms with van der Waals surface area (Å²) in [4.78, 5) is 0. The molecule has 0 aliphatic heterocycles. The molecule has 0 unspecified atom stereocenters. The highest BCUT2D eigenvalue weighted by Crippen LogP contribution is 2.23. The topological polar surface area (TPSA) is 35.4 Å². The average molecular weight is 305 g/mol. The molecule has 1 atom stereocenters. The Hall–Kier alpha value is -1.01. The summed E-state index contributed by atoms with van der Waals surface area (Å²) in [5.74, 6) is 0. The Balaban J connectivity index is 2.97. The first-order valence-corrected chi connectivity index (χ1v) is 7.23. The van der Waals surface area contributed by atoms with Crippen LogP contribution in [0.4, 0.5) is 13.2 Å². The van der Waals surface area contributed by atoms with Crippen LogP contribution in [-0.2, 0) is 17.8 Å². The first kappa shape index (κ1) is 17.0. The van der Waals surface area contributed by atoms with Gasteiger partial charge in [0.05, 0.1) is 12.1 Å². The Morgan fingerprint density at radius 1 is 1.25 bits per heavy atom. The molecule has 0 bridgehead atoms. The lowest BCUT2D eigenvalue weighted by Gasteiger charge is -2.18. The number of hydrogen-bond donors (Lipinski definition) is 0. The number of nitrogens with zero attached hydrogens (tertiary/aromatic N) is 1. The molecule has 6 heteroatoms. The Bertz CT molecular complexity index is 492. The van der Waals surface area contributed by atoms with E-state index in [0.29, 0.717) is 11.3 Å². The van der Waals surface area contributed by atoms with E-state index in [0.717, 1.165) is 0 Å². The summed E-state index contributed by atoms with van der Waals surface area (Å²) in [7, 11) is 0. The van der Waals surface area contributed by atoms with Gasteiger partial charge in [-0.1, -0.05) is 22.6 Å². The number of alkyl halides is 3. The van der Waals surface area contributed by atoms with Crippen LogP contribution in [0.2, 0.25) is 0 Å². The van der Waals surface area contributed by atoms with Crippen LogP contribution in [0.25, 0.3) is 0 Å². The van der Waals surface area contributed by atoms with Gasteiger partial charge in [-0.15, -0.1) is 0 Å². The zero-order valence-electron chi connectivity index (χ0n) is 11.9. The first-order chi connectivity index (χ1) is 8.99. The van der Waals surface area contributed by atoms with Gasteiger partial charge in [0.1, 0.15) is 16.1 Å². The summed E-state index contributed by atoms with van der Waals surface area (Å²) in [6, 6.07) is 6.07. The molecule has 0 aromatic heterocycles. The van der Waals surface area contributed by atoms with E-state index < -0.39 is 28.7 Å². The molecule has 0 saturated carbocycles. The summed E-state index contributed by atoms with van der Waals surface area (Å²) in [5, 5.41) is 0. The van der Waals surface area contributed by atoms with Crippen LogP contribution >= 0.6 is 0 Å². The van der Waals surface area contributed by atoms with Crippen molar-refractivity contribution in [3.8, 4) is 0 Å². The van der Waals surface area contributed by atoms with Gasteiger partial charge in [-0.3, -0.25) is 0 Å². The maximum Gasteiger partial charge on any atom is 0.393 e. The van der Waals surface area contributed by atoms with Crippen molar-refractivity contribution in [1.29, 1.82) is 0 Å². The van der Waals surface area contributed by atoms with Gasteiger partial charge in [0, 0.05) is 5.56 Å². The second kappa shape index (κ2) is 6.18. The smallest absolute Gasteiger partial charge is 0.393 e. The minimum absolute atomic E-state index is 0.172. The maximum atomic E-state index is 12.4. The fourth-order valence-electron chi connectivity index (χ4n) is 1.45. The fourth-order valence-corrected chi connectivity index (χ4v) is 2.08. The van der Waals surface area contributed by atoms with Crippen molar-refractivity contribution in [3.05, 3.63) is 35.4 Å². The second-order valence-electron chi connectivity index (χ2n) is 5.53. The molecule has 0 saturated heterocycles. The Labute approximate surface area is 120 Å². The predicted octanol–water partition coefficient (Wildman–Crippen LogP) is 4.06. The third-order valence-electron chi connectivity index (χ3n) is 2.49. The quantitative estimate of drug-likeness (QED) is 0.612. The Morgan fingerprint density at radius 3 is 2.35 bits per heavy atom. The van der Waals surface area contributed by atoms with Gasteiger partial charge in [-0.25, -0.2) is 0 Å². The molecule has 2 nitrogen and oxygen atoms in total. The van der Waals surface area contributed by atoms with Crippen molar-refractivity contribution in [3.63, 3.8) is 0 Å². The molecule has 0 N–H and O–H groups in total. The summed E-state index contributed by atoms with van der Waals surface area (Å²) >= 11 is -1.43. The molecule has 0 radical (unpaired) electrons. The molecular formula is C14H18F3NOS. The molecule has 1 aromatic rings. The first-order valence-electron chi connectivity index (χ1n) is 6.12. The van der Waals surface area contributed by atoms with Gasteiger partial charge in [-0.05, 0) is 39.3 Å². The van der Waals surface area contributed by atoms with E-state index in [1.807, 2.05) is 0 Å². The molecule has 112 valence electrons. The molecule has 0 aliphatic rings. The van der Waals surface area contributed by atoms with Crippen LogP contribution in [-0.4, -0.2) is 21.2 Å². The molecular weight excluding hydrogens is 287 g/mol. The lowest BCUT2D eigenvalue weighted by atomic mass is 10.1. The van der Waals surface area contributed by atoms with E-state index in [1.165, 1.54) is 12.1 Å². The number of benzene rings is 1. The maximum absolute atomic E-state index is 12.4. The number of rotatable bonds is 3. The highest BCUT2D eigenvalue weighted by Gasteiger charge is 2.28. The van der Waals surface area contributed by atoms with Crippen LogP contribution in [0.1, 0.15) is 38.8 Å². The van der Waals surface area contributed by atoms with E-state index in [1.54, 1.807) is 39.8 Å². The normalized spacial score (nSPS) is 15.3. The summed E-state index contributed by atoms with van der Waals surface area (Å²) in [6.45, 7) is 7.02. The van der Waals surface area contributed by atoms with Gasteiger partial charge < -0.3 is 4.55 Å². The van der Waals surface area contributed by atoms with Crippen molar-refractivity contribution < 1.29 is 17.7 Å². The minimum Gasteiger partial charge on any atom is -0.591 e. The Kier molecular flexibility index (Phi) is 5.27. The largest absolute Gasteiger partial charge is 0.591 e. The SMILES string of the molecule is C/C(=N\[S@+]([O-])C(C)(C)C)c1cccc(CC(F)(F)F)c1. The van der Waals surface area contributed by atoms with Crippen molar-refractivity contribution in [2.75, 3.05) is 0 Å². The van der Waals surface area contributed by atoms with Crippen LogP contribution in [0, 0.1) is 0 Å². The third-order valence-corrected chi connectivity index (χ3v) is 3.98. The minimum atomic E-state index is -4.24. The zero-order valence-corrected chi connectivity index (χ0v) is 12.7. The third kappa shape index (κ3) is 5.54. The molecule has 0 spiro atoms. The van der Waals surface area contributed by atoms with E-state index in [2.05, 4.69) is 4.40 Å². The molecule has 0 amide bonds. The molecule has 0 fully saturated rings. The number of halogens is 3. The van der Waals surface area contributed by atoms with Gasteiger partial charge in [0.15, 0.2) is 0 Å². The fraction of sp³-hybridized carbons (Fsp3) is 0.500. The van der Waals surface area contributed by atoms with E-state index in [-0.39, 0.29) is 5.56 Å². The van der Waals surface area contributed by atoms with Crippen LogP contribution in [0.15, 0.2) is 28.7 Å². The summed E-state index contributed by atoms with van der Waals surface area (Å²) < 4.78 is 52.6. The van der Waals surface area contributed by atoms with Crippen LogP contribution in [0.3, 0.4) is 0 Å². The van der Waals surface area contributed by atoms with Crippen molar-refractivity contribution in [2.24, 2.45) is 4.40 Å². The molecule has 1 rings (SSSR count). The standard InChI is InChI=1S/C14H18F3NOS/c1-10(18-20(19)13(2,3)4)12-7-5-6-11(8-12)9-14(15,16)17/h5-8H,9H2,1-4H3/b18-10+/t20-/m1/s1. The molecule has 1 aromatic carbocycles. The van der Waals surface area contributed by atoms with Crippen LogP contribution in [0.5, 0.6) is 0 Å². The highest BCUT2D eigenvalue weighted by atomic mass is 32.2. The summed E-state index contributed by atoms with van der Waals surface area (Å²) in [5.41, 5.74) is 1.21. The van der Waals surface area contributed by atoms with Crippen molar-refractivity contribution >= 4 is 17.1 Å². The molecule has 0 aliphatic carbocycles. The number of hydrogen-bond acceptors (Lipinski definition) is 2. The van der Waals surface area contributed by atoms with Gasteiger partial charge in [-0.2, -0.15) is 13.2 Å². The summed E-state index contributed by atoms with van der Waals surface area (Å²) in [6.07, 6.45) is -5.21. The second-order valence-corrected chi connectivity index (χ2v) is 7.44. The molecule has 20 heavy (non-hydrogen) atoms. The lowest BCUT2D eigenvalue weighted by Crippen LogP contribution is -2.26.